The number of fused-ring (bicyclic) bond motifs is 1. The maximum atomic E-state index is 14.0. The first-order valence-corrected chi connectivity index (χ1v) is 10.9. The third-order valence-electron chi connectivity index (χ3n) is 5.71. The normalized spacial score (nSPS) is 16.2. The van der Waals surface area contributed by atoms with Crippen molar-refractivity contribution >= 4 is 11.6 Å². The summed E-state index contributed by atoms with van der Waals surface area (Å²) < 4.78 is 24.8. The lowest BCUT2D eigenvalue weighted by molar-refractivity contribution is -0.0172. The van der Waals surface area contributed by atoms with E-state index >= 15 is 0 Å². The summed E-state index contributed by atoms with van der Waals surface area (Å²) in [6.07, 6.45) is 3.96. The van der Waals surface area contributed by atoms with Crippen molar-refractivity contribution in [1.29, 1.82) is 0 Å². The van der Waals surface area contributed by atoms with E-state index in [1.165, 1.54) is 12.1 Å². The molecule has 0 amide bonds. The van der Waals surface area contributed by atoms with E-state index in [0.717, 1.165) is 42.9 Å². The number of nitrogens with one attached hydrogen (secondary N) is 3. The molecule has 166 valence electrons. The minimum Gasteiger partial charge on any atom is -0.467 e. The predicted octanol–water partition coefficient (Wildman–Crippen LogP) is 3.93. The van der Waals surface area contributed by atoms with Crippen LogP contribution in [0.25, 0.3) is 11.3 Å². The Labute approximate surface area is 186 Å². The molecule has 8 heteroatoms. The van der Waals surface area contributed by atoms with Crippen LogP contribution in [0.3, 0.4) is 0 Å². The molecule has 3 aromatic rings. The highest BCUT2D eigenvalue weighted by molar-refractivity contribution is 5.65. The summed E-state index contributed by atoms with van der Waals surface area (Å²) in [6, 6.07) is 13.6. The number of hydrogen-bond donors (Lipinski definition) is 3. The molecule has 1 fully saturated rings. The number of ether oxygens (including phenoxy) is 2. The van der Waals surface area contributed by atoms with Crippen molar-refractivity contribution in [2.75, 3.05) is 30.5 Å². The zero-order chi connectivity index (χ0) is 21.8. The molecule has 0 aliphatic carbocycles. The van der Waals surface area contributed by atoms with Crippen LogP contribution in [0.5, 0.6) is 5.75 Å². The van der Waals surface area contributed by atoms with E-state index in [9.17, 15) is 4.39 Å². The first-order valence-electron chi connectivity index (χ1n) is 10.9. The number of benzene rings is 2. The molecule has 2 aliphatic rings. The first kappa shape index (κ1) is 20.7. The molecule has 0 bridgehead atoms. The average molecular weight is 436 g/mol. The van der Waals surface area contributed by atoms with E-state index in [0.29, 0.717) is 42.0 Å². The van der Waals surface area contributed by atoms with Gasteiger partial charge in [0, 0.05) is 41.2 Å². The van der Waals surface area contributed by atoms with Crippen LogP contribution in [0, 0.1) is 5.82 Å². The Balaban J connectivity index is 1.30. The van der Waals surface area contributed by atoms with Gasteiger partial charge in [0.15, 0.2) is 6.79 Å². The first-order chi connectivity index (χ1) is 15.7. The third kappa shape index (κ3) is 4.81. The van der Waals surface area contributed by atoms with Crippen LogP contribution in [0.2, 0.25) is 0 Å². The molecule has 3 N–H and O–H groups in total. The fourth-order valence-corrected chi connectivity index (χ4v) is 4.14. The van der Waals surface area contributed by atoms with Crippen molar-refractivity contribution in [1.82, 2.24) is 15.3 Å². The molecular formula is C24H26FN5O2. The van der Waals surface area contributed by atoms with Crippen LogP contribution >= 0.6 is 0 Å². The van der Waals surface area contributed by atoms with Gasteiger partial charge in [0.2, 0.25) is 5.95 Å². The molecule has 1 aromatic heterocycles. The molecule has 32 heavy (non-hydrogen) atoms. The Kier molecular flexibility index (Phi) is 6.13. The Bertz CT molecular complexity index is 1090. The minimum atomic E-state index is -0.317. The van der Waals surface area contributed by atoms with E-state index < -0.39 is 0 Å². The fraction of sp³-hybridized carbons (Fsp3) is 0.333. The number of hydrogen-bond acceptors (Lipinski definition) is 7. The van der Waals surface area contributed by atoms with Gasteiger partial charge in [-0.3, -0.25) is 0 Å². The standard InChI is InChI=1S/C24H26FN5O2/c25-19-10-17(23-18(11-19)14-31-15-32-23)13-28-24-27-9-6-22(30-24)16-2-1-3-21(12-16)29-20-4-7-26-8-5-20/h1-3,6,9-12,20,26,29H,4-5,7-8,13-15H2,(H,27,28,30). The maximum absolute atomic E-state index is 14.0. The van der Waals surface area contributed by atoms with Crippen molar-refractivity contribution in [2.45, 2.75) is 32.0 Å². The second-order valence-corrected chi connectivity index (χ2v) is 8.03. The number of aromatic nitrogens is 2. The zero-order valence-corrected chi connectivity index (χ0v) is 17.7. The van der Waals surface area contributed by atoms with E-state index in [2.05, 4.69) is 38.1 Å². The van der Waals surface area contributed by atoms with E-state index in [1.54, 1.807) is 6.20 Å². The van der Waals surface area contributed by atoms with Crippen molar-refractivity contribution in [3.8, 4) is 17.0 Å². The summed E-state index contributed by atoms with van der Waals surface area (Å²) in [6.45, 7) is 2.95. The summed E-state index contributed by atoms with van der Waals surface area (Å²) >= 11 is 0. The highest BCUT2D eigenvalue weighted by Crippen LogP contribution is 2.30. The number of anilines is 2. The van der Waals surface area contributed by atoms with Crippen molar-refractivity contribution in [2.24, 2.45) is 0 Å². The number of nitrogens with zero attached hydrogens (tertiary/aromatic N) is 2. The molecule has 5 rings (SSSR count). The molecule has 0 unspecified atom stereocenters. The van der Waals surface area contributed by atoms with E-state index in [1.807, 2.05) is 18.2 Å². The van der Waals surface area contributed by atoms with Crippen LogP contribution in [0.1, 0.15) is 24.0 Å². The number of rotatable bonds is 6. The molecular weight excluding hydrogens is 409 g/mol. The lowest BCUT2D eigenvalue weighted by Crippen LogP contribution is -2.35. The van der Waals surface area contributed by atoms with Gasteiger partial charge >= 0.3 is 0 Å². The summed E-state index contributed by atoms with van der Waals surface area (Å²) in [4.78, 5) is 8.99. The van der Waals surface area contributed by atoms with Gasteiger partial charge in [-0.05, 0) is 56.3 Å². The van der Waals surface area contributed by atoms with Gasteiger partial charge < -0.3 is 25.4 Å². The van der Waals surface area contributed by atoms with E-state index in [4.69, 9.17) is 9.47 Å². The van der Waals surface area contributed by atoms with Gasteiger partial charge in [0.05, 0.1) is 12.3 Å². The Morgan fingerprint density at radius 2 is 2.03 bits per heavy atom. The molecule has 1 saturated heterocycles. The largest absolute Gasteiger partial charge is 0.467 e. The van der Waals surface area contributed by atoms with Gasteiger partial charge in [-0.1, -0.05) is 12.1 Å². The molecule has 3 heterocycles. The minimum absolute atomic E-state index is 0.166. The van der Waals surface area contributed by atoms with Gasteiger partial charge in [-0.2, -0.15) is 0 Å². The van der Waals surface area contributed by atoms with Crippen molar-refractivity contribution in [3.63, 3.8) is 0 Å². The Morgan fingerprint density at radius 1 is 1.12 bits per heavy atom. The maximum Gasteiger partial charge on any atom is 0.223 e. The SMILES string of the molecule is Fc1cc(CNc2nccc(-c3cccc(NC4CCNCC4)c3)n2)c2c(c1)COCO2. The molecule has 2 aliphatic heterocycles. The second-order valence-electron chi connectivity index (χ2n) is 8.03. The van der Waals surface area contributed by atoms with Crippen LogP contribution in [0.4, 0.5) is 16.0 Å². The quantitative estimate of drug-likeness (QED) is 0.541. The third-order valence-corrected chi connectivity index (χ3v) is 5.71. The van der Waals surface area contributed by atoms with Crippen molar-refractivity contribution in [3.05, 3.63) is 65.6 Å². The summed E-state index contributed by atoms with van der Waals surface area (Å²) in [5, 5.41) is 10.2. The summed E-state index contributed by atoms with van der Waals surface area (Å²) in [5.74, 6) is 0.824. The molecule has 0 radical (unpaired) electrons. The molecule has 0 saturated carbocycles. The van der Waals surface area contributed by atoms with Crippen molar-refractivity contribution < 1.29 is 13.9 Å². The van der Waals surface area contributed by atoms with Gasteiger partial charge in [-0.15, -0.1) is 0 Å². The molecule has 2 aromatic carbocycles. The van der Waals surface area contributed by atoms with Gasteiger partial charge in [0.25, 0.3) is 0 Å². The topological polar surface area (TPSA) is 80.3 Å². The summed E-state index contributed by atoms with van der Waals surface area (Å²) in [7, 11) is 0. The summed E-state index contributed by atoms with van der Waals surface area (Å²) in [5.41, 5.74) is 4.35. The van der Waals surface area contributed by atoms with Crippen LogP contribution < -0.4 is 20.7 Å². The number of halogens is 1. The number of piperidine rings is 1. The lowest BCUT2D eigenvalue weighted by Gasteiger charge is -2.24. The van der Waals surface area contributed by atoms with Gasteiger partial charge in [-0.25, -0.2) is 14.4 Å². The van der Waals surface area contributed by atoms with Crippen LogP contribution in [0.15, 0.2) is 48.7 Å². The highest BCUT2D eigenvalue weighted by atomic mass is 19.1. The second kappa shape index (κ2) is 9.50. The van der Waals surface area contributed by atoms with Crippen LogP contribution in [-0.4, -0.2) is 35.9 Å². The predicted molar refractivity (Wildman–Crippen MR) is 121 cm³/mol. The monoisotopic (exact) mass is 435 g/mol. The van der Waals surface area contributed by atoms with Crippen LogP contribution in [-0.2, 0) is 17.9 Å². The average Bonchev–Trinajstić information content (AvgIpc) is 2.83. The zero-order valence-electron chi connectivity index (χ0n) is 17.7. The fourth-order valence-electron chi connectivity index (χ4n) is 4.14. The Hall–Kier alpha value is -3.23. The molecule has 0 atom stereocenters. The van der Waals surface area contributed by atoms with E-state index in [-0.39, 0.29) is 12.6 Å². The molecule has 7 nitrogen and oxygen atoms in total. The highest BCUT2D eigenvalue weighted by Gasteiger charge is 2.17. The Morgan fingerprint density at radius 3 is 2.94 bits per heavy atom. The lowest BCUT2D eigenvalue weighted by atomic mass is 10.1. The molecule has 0 spiro atoms. The smallest absolute Gasteiger partial charge is 0.223 e. The van der Waals surface area contributed by atoms with Gasteiger partial charge in [0.1, 0.15) is 11.6 Å².